The summed E-state index contributed by atoms with van der Waals surface area (Å²) in [6.45, 7) is 5.42. The molecule has 0 aromatic heterocycles. The average molecular weight is 336 g/mol. The maximum absolute atomic E-state index is 11.6. The number of carboxylic acid groups (broad SMARTS) is 1. The Morgan fingerprint density at radius 3 is 2.71 bits per heavy atom. The third kappa shape index (κ3) is 6.55. The molecule has 1 amide bonds. The fourth-order valence-electron chi connectivity index (χ4n) is 2.50. The lowest BCUT2D eigenvalue weighted by molar-refractivity contribution is -0.908. The van der Waals surface area contributed by atoms with Gasteiger partial charge in [-0.05, 0) is 12.5 Å². The fraction of sp³-hybridized carbons (Fsp3) is 0.529. The van der Waals surface area contributed by atoms with E-state index in [0.717, 1.165) is 44.2 Å². The molecule has 0 bridgehead atoms. The third-order valence-electron chi connectivity index (χ3n) is 3.92. The first kappa shape index (κ1) is 18.2. The number of ether oxygens (including phenoxy) is 2. The first-order valence-electron chi connectivity index (χ1n) is 8.23. The first-order valence-corrected chi connectivity index (χ1v) is 8.23. The van der Waals surface area contributed by atoms with Gasteiger partial charge in [-0.25, -0.2) is 0 Å². The van der Waals surface area contributed by atoms with Gasteiger partial charge < -0.3 is 29.6 Å². The van der Waals surface area contributed by atoms with E-state index in [1.165, 1.54) is 4.90 Å². The Morgan fingerprint density at radius 1 is 1.21 bits per heavy atom. The Kier molecular flexibility index (Phi) is 7.51. The molecule has 1 fully saturated rings. The summed E-state index contributed by atoms with van der Waals surface area (Å²) in [6.07, 6.45) is -0.349. The van der Waals surface area contributed by atoms with Crippen molar-refractivity contribution in [3.8, 4) is 5.75 Å². The van der Waals surface area contributed by atoms with Crippen molar-refractivity contribution in [3.63, 3.8) is 0 Å². The van der Waals surface area contributed by atoms with E-state index in [9.17, 15) is 14.7 Å². The van der Waals surface area contributed by atoms with Crippen LogP contribution in [0.4, 0.5) is 0 Å². The van der Waals surface area contributed by atoms with Crippen LogP contribution in [0, 0.1) is 0 Å². The summed E-state index contributed by atoms with van der Waals surface area (Å²) in [5.74, 6) is -0.795. The molecule has 1 heterocycles. The second kappa shape index (κ2) is 9.89. The van der Waals surface area contributed by atoms with E-state index in [0.29, 0.717) is 13.2 Å². The van der Waals surface area contributed by atoms with Crippen molar-refractivity contribution in [2.75, 3.05) is 39.5 Å². The van der Waals surface area contributed by atoms with Crippen molar-refractivity contribution in [3.05, 3.63) is 29.8 Å². The molecule has 0 radical (unpaired) electrons. The van der Waals surface area contributed by atoms with Crippen molar-refractivity contribution in [2.45, 2.75) is 19.4 Å². The summed E-state index contributed by atoms with van der Waals surface area (Å²) < 4.78 is 11.2. The zero-order valence-corrected chi connectivity index (χ0v) is 13.7. The molecule has 0 atom stereocenters. The highest BCUT2D eigenvalue weighted by molar-refractivity contribution is 5.80. The number of morpholine rings is 1. The van der Waals surface area contributed by atoms with E-state index < -0.39 is 5.97 Å². The van der Waals surface area contributed by atoms with Crippen LogP contribution in [0.3, 0.4) is 0 Å². The van der Waals surface area contributed by atoms with Crippen molar-refractivity contribution < 1.29 is 29.1 Å². The summed E-state index contributed by atoms with van der Waals surface area (Å²) in [4.78, 5) is 23.4. The number of carbonyl (C=O) groups is 2. The molecule has 1 aromatic carbocycles. The Bertz CT molecular complexity index is 544. The minimum Gasteiger partial charge on any atom is -0.550 e. The van der Waals surface area contributed by atoms with Gasteiger partial charge in [-0.1, -0.05) is 18.2 Å². The second-order valence-electron chi connectivity index (χ2n) is 5.72. The van der Waals surface area contributed by atoms with Crippen molar-refractivity contribution >= 4 is 11.9 Å². The van der Waals surface area contributed by atoms with Gasteiger partial charge in [-0.3, -0.25) is 4.79 Å². The SMILES string of the molecule is O=C([O-])CCC(=O)NCc1ccccc1OCC[NH+]1CCOCC1. The lowest BCUT2D eigenvalue weighted by atomic mass is 10.2. The van der Waals surface area contributed by atoms with E-state index >= 15 is 0 Å². The molecule has 0 saturated carbocycles. The maximum atomic E-state index is 11.6. The van der Waals surface area contributed by atoms with Crippen LogP contribution in [0.1, 0.15) is 18.4 Å². The zero-order chi connectivity index (χ0) is 17.2. The van der Waals surface area contributed by atoms with E-state index in [1.54, 1.807) is 0 Å². The van der Waals surface area contributed by atoms with Gasteiger partial charge in [0.15, 0.2) is 0 Å². The number of rotatable bonds is 9. The summed E-state index contributed by atoms with van der Waals surface area (Å²) in [5, 5.41) is 13.1. The quantitative estimate of drug-likeness (QED) is 0.551. The van der Waals surface area contributed by atoms with E-state index in [2.05, 4.69) is 5.32 Å². The lowest BCUT2D eigenvalue weighted by Gasteiger charge is -2.23. The predicted molar refractivity (Wildman–Crippen MR) is 84.4 cm³/mol. The molecule has 24 heavy (non-hydrogen) atoms. The van der Waals surface area contributed by atoms with Crippen molar-refractivity contribution in [1.29, 1.82) is 0 Å². The van der Waals surface area contributed by atoms with Crippen molar-refractivity contribution in [2.24, 2.45) is 0 Å². The topological polar surface area (TPSA) is 92.1 Å². The standard InChI is InChI=1S/C17H24N2O5/c20-16(5-6-17(21)22)18-13-14-3-1-2-4-15(14)24-12-9-19-7-10-23-11-8-19/h1-4H,5-13H2,(H,18,20)(H,21,22). The highest BCUT2D eigenvalue weighted by Crippen LogP contribution is 2.17. The van der Waals surface area contributed by atoms with E-state index in [4.69, 9.17) is 9.47 Å². The van der Waals surface area contributed by atoms with Gasteiger partial charge in [-0.15, -0.1) is 0 Å². The molecule has 1 aromatic rings. The molecule has 2 rings (SSSR count). The van der Waals surface area contributed by atoms with Crippen LogP contribution in [-0.4, -0.2) is 51.3 Å². The van der Waals surface area contributed by atoms with E-state index in [1.807, 2.05) is 24.3 Å². The number of carboxylic acids is 1. The van der Waals surface area contributed by atoms with Crippen LogP contribution in [0.5, 0.6) is 5.75 Å². The van der Waals surface area contributed by atoms with Gasteiger partial charge in [0.25, 0.3) is 0 Å². The average Bonchev–Trinajstić information content (AvgIpc) is 2.60. The molecule has 132 valence electrons. The van der Waals surface area contributed by atoms with Crippen LogP contribution in [0.25, 0.3) is 0 Å². The number of amides is 1. The van der Waals surface area contributed by atoms with Crippen LogP contribution in [0.2, 0.25) is 0 Å². The van der Waals surface area contributed by atoms with Crippen molar-refractivity contribution in [1.82, 2.24) is 5.32 Å². The van der Waals surface area contributed by atoms with Gasteiger partial charge in [0.05, 0.1) is 13.2 Å². The molecule has 1 aliphatic rings. The normalized spacial score (nSPS) is 15.0. The molecule has 1 aliphatic heterocycles. The number of hydrogen-bond donors (Lipinski definition) is 2. The van der Waals surface area contributed by atoms with Gasteiger partial charge >= 0.3 is 0 Å². The Hall–Kier alpha value is -2.12. The Morgan fingerprint density at radius 2 is 1.96 bits per heavy atom. The molecule has 0 aliphatic carbocycles. The molecular weight excluding hydrogens is 312 g/mol. The molecule has 0 spiro atoms. The van der Waals surface area contributed by atoms with Gasteiger partial charge in [0, 0.05) is 24.5 Å². The molecule has 1 saturated heterocycles. The van der Waals surface area contributed by atoms with Crippen LogP contribution in [-0.2, 0) is 20.9 Å². The first-order chi connectivity index (χ1) is 11.6. The van der Waals surface area contributed by atoms with Gasteiger partial charge in [0.2, 0.25) is 5.91 Å². The predicted octanol–water partition coefficient (Wildman–Crippen LogP) is -1.87. The molecule has 7 nitrogen and oxygen atoms in total. The Labute approximate surface area is 141 Å². The molecule has 7 heteroatoms. The highest BCUT2D eigenvalue weighted by Gasteiger charge is 2.13. The largest absolute Gasteiger partial charge is 0.550 e. The minimum atomic E-state index is -1.22. The summed E-state index contributed by atoms with van der Waals surface area (Å²) in [6, 6.07) is 7.52. The number of para-hydroxylation sites is 1. The number of nitrogens with one attached hydrogen (secondary N) is 2. The summed E-state index contributed by atoms with van der Waals surface area (Å²) in [7, 11) is 0. The number of quaternary nitrogens is 1. The number of benzene rings is 1. The summed E-state index contributed by atoms with van der Waals surface area (Å²) in [5.41, 5.74) is 0.872. The van der Waals surface area contributed by atoms with Gasteiger partial charge in [-0.2, -0.15) is 0 Å². The molecule has 2 N–H and O–H groups in total. The minimum absolute atomic E-state index is 0.0776. The number of aliphatic carboxylic acids is 1. The third-order valence-corrected chi connectivity index (χ3v) is 3.92. The highest BCUT2D eigenvalue weighted by atomic mass is 16.5. The fourth-order valence-corrected chi connectivity index (χ4v) is 2.50. The second-order valence-corrected chi connectivity index (χ2v) is 5.72. The lowest BCUT2D eigenvalue weighted by Crippen LogP contribution is -3.14. The molecular formula is C17H24N2O5. The number of hydrogen-bond acceptors (Lipinski definition) is 5. The summed E-state index contributed by atoms with van der Waals surface area (Å²) >= 11 is 0. The maximum Gasteiger partial charge on any atom is 0.220 e. The smallest absolute Gasteiger partial charge is 0.220 e. The van der Waals surface area contributed by atoms with Gasteiger partial charge in [0.1, 0.15) is 32.0 Å². The Balaban J connectivity index is 1.76. The van der Waals surface area contributed by atoms with Crippen LogP contribution >= 0.6 is 0 Å². The monoisotopic (exact) mass is 336 g/mol. The van der Waals surface area contributed by atoms with E-state index in [-0.39, 0.29) is 18.7 Å². The number of carbonyl (C=O) groups excluding carboxylic acids is 2. The van der Waals surface area contributed by atoms with Crippen LogP contribution in [0.15, 0.2) is 24.3 Å². The molecule has 0 unspecified atom stereocenters. The zero-order valence-electron chi connectivity index (χ0n) is 13.7. The van der Waals surface area contributed by atoms with Crippen LogP contribution < -0.4 is 20.1 Å².